The highest BCUT2D eigenvalue weighted by Gasteiger charge is 2.25. The minimum absolute atomic E-state index is 0.151. The molecule has 0 aliphatic rings. The van der Waals surface area contributed by atoms with Crippen LogP contribution in [0.15, 0.2) is 0 Å². The molecule has 5 nitrogen and oxygen atoms in total. The molecule has 0 saturated heterocycles. The maximum atomic E-state index is 12.6. The number of hydrogen-bond acceptors (Lipinski definition) is 4. The number of ether oxygens (including phenoxy) is 2. The Bertz CT molecular complexity index is 630. The van der Waals surface area contributed by atoms with Gasteiger partial charge < -0.3 is 14.0 Å². The number of carbonyl (C=O) groups is 2. The van der Waals surface area contributed by atoms with Crippen molar-refractivity contribution in [1.29, 1.82) is 0 Å². The van der Waals surface area contributed by atoms with E-state index in [4.69, 9.17) is 9.47 Å². The number of unbranched alkanes of at least 4 members (excludes halogenated alkanes) is 25. The van der Waals surface area contributed by atoms with Gasteiger partial charge in [-0.1, -0.05) is 174 Å². The minimum Gasteiger partial charge on any atom is -0.466 e. The van der Waals surface area contributed by atoms with Crippen LogP contribution in [-0.2, 0) is 19.1 Å². The first kappa shape index (κ1) is 42.9. The molecule has 0 rings (SSSR count). The molecule has 1 unspecified atom stereocenters. The zero-order chi connectivity index (χ0) is 32.6. The Morgan fingerprint density at radius 1 is 0.477 bits per heavy atom. The van der Waals surface area contributed by atoms with E-state index < -0.39 is 6.10 Å². The van der Waals surface area contributed by atoms with Gasteiger partial charge in [0, 0.05) is 6.42 Å². The van der Waals surface area contributed by atoms with E-state index in [-0.39, 0.29) is 18.4 Å². The number of carbonyl (C=O) groups excluding carboxylic acids is 2. The van der Waals surface area contributed by atoms with Gasteiger partial charge in [-0.15, -0.1) is 0 Å². The second kappa shape index (κ2) is 31.9. The van der Waals surface area contributed by atoms with Crippen LogP contribution in [0.25, 0.3) is 0 Å². The van der Waals surface area contributed by atoms with Gasteiger partial charge in [-0.25, -0.2) is 0 Å². The normalized spacial score (nSPS) is 12.4. The topological polar surface area (TPSA) is 52.6 Å². The Kier molecular flexibility index (Phi) is 31.1. The Balaban J connectivity index is 3.85. The van der Waals surface area contributed by atoms with Crippen LogP contribution in [-0.4, -0.2) is 56.8 Å². The fourth-order valence-corrected chi connectivity index (χ4v) is 6.01. The Morgan fingerprint density at radius 3 is 1.18 bits per heavy atom. The van der Waals surface area contributed by atoms with Gasteiger partial charge in [-0.2, -0.15) is 0 Å². The van der Waals surface area contributed by atoms with Crippen molar-refractivity contribution in [3.63, 3.8) is 0 Å². The van der Waals surface area contributed by atoms with Crippen molar-refractivity contribution in [2.45, 2.75) is 206 Å². The first-order chi connectivity index (χ1) is 21.3. The van der Waals surface area contributed by atoms with Crippen LogP contribution in [0.3, 0.4) is 0 Å². The number of rotatable bonds is 34. The van der Waals surface area contributed by atoms with E-state index in [0.29, 0.717) is 24.1 Å². The number of likely N-dealkylation sites (N-methyl/N-ethyl adjacent to an activating group) is 1. The van der Waals surface area contributed by atoms with E-state index in [1.54, 1.807) is 0 Å². The molecular formula is C39H78NO4+. The zero-order valence-corrected chi connectivity index (χ0v) is 30.6. The standard InChI is InChI=1S/C39H78NO4/c1-6-8-10-12-14-16-18-20-21-22-23-25-27-29-31-33-38(41)44-37(36-40(3,4)5)35-39(42)43-34-32-30-28-26-24-19-17-15-13-11-9-7-2/h37H,6-36H2,1-5H3/q+1. The lowest BCUT2D eigenvalue weighted by Crippen LogP contribution is -2.44. The maximum Gasteiger partial charge on any atom is 0.309 e. The Morgan fingerprint density at radius 2 is 0.818 bits per heavy atom. The van der Waals surface area contributed by atoms with Crippen LogP contribution < -0.4 is 0 Å². The van der Waals surface area contributed by atoms with Crippen molar-refractivity contribution in [2.24, 2.45) is 0 Å². The summed E-state index contributed by atoms with van der Waals surface area (Å²) in [6.07, 6.45) is 35.3. The smallest absolute Gasteiger partial charge is 0.309 e. The quantitative estimate of drug-likeness (QED) is 0.0406. The summed E-state index contributed by atoms with van der Waals surface area (Å²) in [5.41, 5.74) is 0. The molecule has 0 aromatic carbocycles. The van der Waals surface area contributed by atoms with Gasteiger partial charge in [-0.3, -0.25) is 9.59 Å². The van der Waals surface area contributed by atoms with Crippen molar-refractivity contribution in [3.05, 3.63) is 0 Å². The second-order valence-corrected chi connectivity index (χ2v) is 14.6. The lowest BCUT2D eigenvalue weighted by atomic mass is 10.0. The number of quaternary nitrogens is 1. The largest absolute Gasteiger partial charge is 0.466 e. The van der Waals surface area contributed by atoms with Crippen LogP contribution >= 0.6 is 0 Å². The third kappa shape index (κ3) is 33.8. The monoisotopic (exact) mass is 625 g/mol. The molecule has 0 N–H and O–H groups in total. The third-order valence-electron chi connectivity index (χ3n) is 8.69. The molecule has 0 radical (unpaired) electrons. The average Bonchev–Trinajstić information content (AvgIpc) is 2.96. The van der Waals surface area contributed by atoms with E-state index in [9.17, 15) is 9.59 Å². The van der Waals surface area contributed by atoms with Gasteiger partial charge in [0.1, 0.15) is 6.54 Å². The maximum absolute atomic E-state index is 12.6. The summed E-state index contributed by atoms with van der Waals surface area (Å²) in [6, 6.07) is 0. The molecular weight excluding hydrogens is 546 g/mol. The number of esters is 2. The summed E-state index contributed by atoms with van der Waals surface area (Å²) >= 11 is 0. The van der Waals surface area contributed by atoms with Crippen molar-refractivity contribution in [3.8, 4) is 0 Å². The van der Waals surface area contributed by atoms with Crippen LogP contribution in [0.5, 0.6) is 0 Å². The van der Waals surface area contributed by atoms with Crippen molar-refractivity contribution < 1.29 is 23.5 Å². The van der Waals surface area contributed by atoms with E-state index in [0.717, 1.165) is 25.7 Å². The first-order valence-corrected chi connectivity index (χ1v) is 19.4. The molecule has 0 fully saturated rings. The molecule has 0 saturated carbocycles. The molecule has 262 valence electrons. The average molecular weight is 625 g/mol. The molecule has 0 aromatic rings. The minimum atomic E-state index is -0.423. The molecule has 44 heavy (non-hydrogen) atoms. The van der Waals surface area contributed by atoms with E-state index in [1.807, 2.05) is 0 Å². The highest BCUT2D eigenvalue weighted by Crippen LogP contribution is 2.15. The van der Waals surface area contributed by atoms with Gasteiger partial charge >= 0.3 is 11.9 Å². The molecule has 0 spiro atoms. The predicted octanol–water partition coefficient (Wildman–Crippen LogP) is 11.5. The fourth-order valence-electron chi connectivity index (χ4n) is 6.01. The fraction of sp³-hybridized carbons (Fsp3) is 0.949. The van der Waals surface area contributed by atoms with Crippen molar-refractivity contribution >= 4 is 11.9 Å². The number of nitrogens with zero attached hydrogens (tertiary/aromatic N) is 1. The lowest BCUT2D eigenvalue weighted by Gasteiger charge is -2.28. The van der Waals surface area contributed by atoms with Gasteiger partial charge in [0.2, 0.25) is 0 Å². The zero-order valence-electron chi connectivity index (χ0n) is 30.6. The highest BCUT2D eigenvalue weighted by molar-refractivity contribution is 5.72. The first-order valence-electron chi connectivity index (χ1n) is 19.4. The lowest BCUT2D eigenvalue weighted by molar-refractivity contribution is -0.873. The van der Waals surface area contributed by atoms with E-state index >= 15 is 0 Å². The van der Waals surface area contributed by atoms with E-state index in [1.165, 1.54) is 148 Å². The summed E-state index contributed by atoms with van der Waals surface area (Å²) in [6.45, 7) is 5.63. The molecule has 0 aromatic heterocycles. The van der Waals surface area contributed by atoms with Crippen LogP contribution in [0, 0.1) is 0 Å². The SMILES string of the molecule is CCCCCCCCCCCCCCCCCC(=O)OC(CC(=O)OCCCCCCCCCCCCCC)C[N+](C)(C)C. The summed E-state index contributed by atoms with van der Waals surface area (Å²) in [7, 11) is 6.19. The molecule has 1 atom stereocenters. The van der Waals surface area contributed by atoms with E-state index in [2.05, 4.69) is 35.0 Å². The third-order valence-corrected chi connectivity index (χ3v) is 8.69. The Hall–Kier alpha value is -1.10. The highest BCUT2D eigenvalue weighted by atomic mass is 16.6. The van der Waals surface area contributed by atoms with Gasteiger partial charge in [0.05, 0.1) is 34.2 Å². The number of hydrogen-bond donors (Lipinski definition) is 0. The van der Waals surface area contributed by atoms with Crippen LogP contribution in [0.4, 0.5) is 0 Å². The summed E-state index contributed by atoms with van der Waals surface area (Å²) in [4.78, 5) is 25.1. The summed E-state index contributed by atoms with van der Waals surface area (Å²) < 4.78 is 11.9. The summed E-state index contributed by atoms with van der Waals surface area (Å²) in [5, 5.41) is 0. The second-order valence-electron chi connectivity index (χ2n) is 14.6. The molecule has 0 aliphatic carbocycles. The molecule has 5 heteroatoms. The van der Waals surface area contributed by atoms with Gasteiger partial charge in [-0.05, 0) is 12.8 Å². The van der Waals surface area contributed by atoms with Crippen molar-refractivity contribution in [1.82, 2.24) is 0 Å². The van der Waals surface area contributed by atoms with Gasteiger partial charge in [0.15, 0.2) is 6.10 Å². The van der Waals surface area contributed by atoms with Crippen LogP contribution in [0.2, 0.25) is 0 Å². The molecule has 0 amide bonds. The molecule has 0 heterocycles. The van der Waals surface area contributed by atoms with Gasteiger partial charge in [0.25, 0.3) is 0 Å². The van der Waals surface area contributed by atoms with Crippen LogP contribution in [0.1, 0.15) is 200 Å². The van der Waals surface area contributed by atoms with Crippen molar-refractivity contribution in [2.75, 3.05) is 34.3 Å². The molecule has 0 aliphatic heterocycles. The Labute approximate surface area is 275 Å². The summed E-state index contributed by atoms with van der Waals surface area (Å²) in [5.74, 6) is -0.418. The predicted molar refractivity (Wildman–Crippen MR) is 189 cm³/mol. The molecule has 0 bridgehead atoms.